The topological polar surface area (TPSA) is 75.6 Å². The normalized spacial score (nSPS) is 25.5. The number of aliphatic carboxylic acids is 1. The minimum absolute atomic E-state index is 0.0877. The lowest BCUT2D eigenvalue weighted by molar-refractivity contribution is -0.144. The largest absolute Gasteiger partial charge is 0.480 e. The van der Waals surface area contributed by atoms with E-state index in [4.69, 9.17) is 9.84 Å². The van der Waals surface area contributed by atoms with E-state index < -0.39 is 18.1 Å². The Kier molecular flexibility index (Phi) is 5.41. The van der Waals surface area contributed by atoms with E-state index in [9.17, 15) is 9.59 Å². The lowest BCUT2D eigenvalue weighted by Crippen LogP contribution is -2.45. The smallest absolute Gasteiger partial charge is 0.326 e. The van der Waals surface area contributed by atoms with Crippen molar-refractivity contribution >= 4 is 11.9 Å². The van der Waals surface area contributed by atoms with E-state index in [1.54, 1.807) is 0 Å². The lowest BCUT2D eigenvalue weighted by atomic mass is 10.1. The molecular weight excluding hydrogens is 222 g/mol. The number of carbonyl (C=O) groups is 2. The summed E-state index contributed by atoms with van der Waals surface area (Å²) in [7, 11) is 0. The van der Waals surface area contributed by atoms with Gasteiger partial charge in [-0.25, -0.2) is 4.79 Å². The molecule has 98 valence electrons. The number of unbranched alkanes of at least 4 members (excludes halogenated alkanes) is 1. The first kappa shape index (κ1) is 14.0. The fourth-order valence-electron chi connectivity index (χ4n) is 1.93. The van der Waals surface area contributed by atoms with E-state index in [1.807, 2.05) is 13.8 Å². The van der Waals surface area contributed by atoms with Gasteiger partial charge in [0.25, 0.3) is 0 Å². The molecule has 0 bridgehead atoms. The van der Waals surface area contributed by atoms with E-state index in [0.717, 1.165) is 19.3 Å². The highest BCUT2D eigenvalue weighted by molar-refractivity contribution is 5.86. The van der Waals surface area contributed by atoms with Crippen molar-refractivity contribution in [2.45, 2.75) is 64.2 Å². The van der Waals surface area contributed by atoms with Gasteiger partial charge in [-0.15, -0.1) is 0 Å². The van der Waals surface area contributed by atoms with Crippen molar-refractivity contribution in [2.24, 2.45) is 0 Å². The number of carbonyl (C=O) groups excluding carboxylic acids is 1. The highest BCUT2D eigenvalue weighted by atomic mass is 16.5. The van der Waals surface area contributed by atoms with Crippen LogP contribution in [0.3, 0.4) is 0 Å². The van der Waals surface area contributed by atoms with Crippen LogP contribution in [0.5, 0.6) is 0 Å². The van der Waals surface area contributed by atoms with Crippen molar-refractivity contribution in [3.8, 4) is 0 Å². The molecule has 5 nitrogen and oxygen atoms in total. The summed E-state index contributed by atoms with van der Waals surface area (Å²) in [5, 5.41) is 11.5. The average molecular weight is 243 g/mol. The Labute approximate surface area is 102 Å². The predicted molar refractivity (Wildman–Crippen MR) is 62.7 cm³/mol. The van der Waals surface area contributed by atoms with Gasteiger partial charge in [-0.1, -0.05) is 19.8 Å². The molecule has 0 saturated carbocycles. The van der Waals surface area contributed by atoms with Crippen LogP contribution in [0.4, 0.5) is 0 Å². The van der Waals surface area contributed by atoms with Gasteiger partial charge in [-0.3, -0.25) is 4.79 Å². The van der Waals surface area contributed by atoms with Crippen LogP contribution in [-0.4, -0.2) is 35.2 Å². The number of ether oxygens (including phenoxy) is 1. The molecule has 0 spiro atoms. The van der Waals surface area contributed by atoms with Gasteiger partial charge in [-0.05, 0) is 26.2 Å². The maximum atomic E-state index is 11.8. The van der Waals surface area contributed by atoms with Crippen LogP contribution in [0.1, 0.15) is 46.0 Å². The standard InChI is InChI=1S/C12H21NO4/c1-3-4-5-9(12(15)16)13-11(14)10-7-6-8(2)17-10/h8-10H,3-7H2,1-2H3,(H,13,14)(H,15,16)/t8-,9-,10-/m0/s1. The number of hydrogen-bond acceptors (Lipinski definition) is 3. The van der Waals surface area contributed by atoms with E-state index in [1.165, 1.54) is 0 Å². The van der Waals surface area contributed by atoms with Gasteiger partial charge in [0, 0.05) is 0 Å². The summed E-state index contributed by atoms with van der Waals surface area (Å²) in [5.74, 6) is -1.27. The van der Waals surface area contributed by atoms with Crippen LogP contribution in [0.25, 0.3) is 0 Å². The number of carboxylic acid groups (broad SMARTS) is 1. The molecule has 5 heteroatoms. The van der Waals surface area contributed by atoms with E-state index in [0.29, 0.717) is 12.8 Å². The average Bonchev–Trinajstić information content (AvgIpc) is 2.70. The van der Waals surface area contributed by atoms with Gasteiger partial charge < -0.3 is 15.2 Å². The Hall–Kier alpha value is -1.10. The molecule has 1 aliphatic rings. The monoisotopic (exact) mass is 243 g/mol. The fraction of sp³-hybridized carbons (Fsp3) is 0.833. The molecule has 0 unspecified atom stereocenters. The van der Waals surface area contributed by atoms with Gasteiger partial charge in [0.1, 0.15) is 12.1 Å². The quantitative estimate of drug-likeness (QED) is 0.737. The highest BCUT2D eigenvalue weighted by Crippen LogP contribution is 2.19. The molecular formula is C12H21NO4. The Balaban J connectivity index is 2.43. The van der Waals surface area contributed by atoms with Crippen molar-refractivity contribution in [2.75, 3.05) is 0 Å². The van der Waals surface area contributed by atoms with Gasteiger partial charge >= 0.3 is 5.97 Å². The number of nitrogens with one attached hydrogen (secondary N) is 1. The van der Waals surface area contributed by atoms with Gasteiger partial charge in [-0.2, -0.15) is 0 Å². The van der Waals surface area contributed by atoms with E-state index in [2.05, 4.69) is 5.32 Å². The first-order valence-corrected chi connectivity index (χ1v) is 6.23. The molecule has 3 atom stereocenters. The van der Waals surface area contributed by atoms with E-state index in [-0.39, 0.29) is 12.0 Å². The van der Waals surface area contributed by atoms with Crippen LogP contribution in [0.15, 0.2) is 0 Å². The summed E-state index contributed by atoms with van der Waals surface area (Å²) >= 11 is 0. The fourth-order valence-corrected chi connectivity index (χ4v) is 1.93. The van der Waals surface area contributed by atoms with Crippen molar-refractivity contribution < 1.29 is 19.4 Å². The van der Waals surface area contributed by atoms with Crippen molar-refractivity contribution in [1.29, 1.82) is 0 Å². The summed E-state index contributed by atoms with van der Waals surface area (Å²) < 4.78 is 5.40. The Morgan fingerprint density at radius 1 is 1.47 bits per heavy atom. The molecule has 0 aromatic rings. The Bertz CT molecular complexity index is 280. The first-order valence-electron chi connectivity index (χ1n) is 6.23. The molecule has 17 heavy (non-hydrogen) atoms. The summed E-state index contributed by atoms with van der Waals surface area (Å²) in [5.41, 5.74) is 0. The van der Waals surface area contributed by atoms with Crippen LogP contribution < -0.4 is 5.32 Å². The van der Waals surface area contributed by atoms with Crippen LogP contribution in [0.2, 0.25) is 0 Å². The molecule has 0 aliphatic carbocycles. The molecule has 0 radical (unpaired) electrons. The number of carboxylic acids is 1. The highest BCUT2D eigenvalue weighted by Gasteiger charge is 2.30. The zero-order valence-electron chi connectivity index (χ0n) is 10.4. The molecule has 0 aromatic heterocycles. The van der Waals surface area contributed by atoms with Gasteiger partial charge in [0.15, 0.2) is 0 Å². The molecule has 1 aliphatic heterocycles. The third kappa shape index (κ3) is 4.34. The Morgan fingerprint density at radius 2 is 2.18 bits per heavy atom. The zero-order valence-corrected chi connectivity index (χ0v) is 10.4. The van der Waals surface area contributed by atoms with Crippen LogP contribution >= 0.6 is 0 Å². The van der Waals surface area contributed by atoms with E-state index >= 15 is 0 Å². The Morgan fingerprint density at radius 3 is 2.65 bits per heavy atom. The molecule has 1 fully saturated rings. The second-order valence-electron chi connectivity index (χ2n) is 4.55. The van der Waals surface area contributed by atoms with Crippen LogP contribution in [0, 0.1) is 0 Å². The summed E-state index contributed by atoms with van der Waals surface area (Å²) in [6.07, 6.45) is 3.31. The predicted octanol–water partition coefficient (Wildman–Crippen LogP) is 1.31. The molecule has 2 N–H and O–H groups in total. The maximum absolute atomic E-state index is 11.8. The summed E-state index contributed by atoms with van der Waals surface area (Å²) in [6, 6.07) is -0.790. The van der Waals surface area contributed by atoms with Crippen molar-refractivity contribution in [1.82, 2.24) is 5.32 Å². The first-order chi connectivity index (χ1) is 8.04. The van der Waals surface area contributed by atoms with Gasteiger partial charge in [0.2, 0.25) is 5.91 Å². The number of rotatable bonds is 6. The lowest BCUT2D eigenvalue weighted by Gasteiger charge is -2.17. The molecule has 1 rings (SSSR count). The zero-order chi connectivity index (χ0) is 12.8. The minimum Gasteiger partial charge on any atom is -0.480 e. The molecule has 1 heterocycles. The van der Waals surface area contributed by atoms with Crippen LogP contribution in [-0.2, 0) is 14.3 Å². The summed E-state index contributed by atoms with van der Waals surface area (Å²) in [4.78, 5) is 22.7. The van der Waals surface area contributed by atoms with Gasteiger partial charge in [0.05, 0.1) is 6.10 Å². The molecule has 1 saturated heterocycles. The second kappa shape index (κ2) is 6.59. The van der Waals surface area contributed by atoms with Crippen molar-refractivity contribution in [3.05, 3.63) is 0 Å². The third-order valence-electron chi connectivity index (χ3n) is 2.99. The third-order valence-corrected chi connectivity index (χ3v) is 2.99. The molecule has 1 amide bonds. The molecule has 0 aromatic carbocycles. The summed E-state index contributed by atoms with van der Waals surface area (Å²) in [6.45, 7) is 3.90. The van der Waals surface area contributed by atoms with Crippen molar-refractivity contribution in [3.63, 3.8) is 0 Å². The minimum atomic E-state index is -0.974. The SMILES string of the molecule is CCCC[C@H](NC(=O)[C@@H]1CC[C@H](C)O1)C(=O)O. The maximum Gasteiger partial charge on any atom is 0.326 e. The number of amides is 1. The number of hydrogen-bond donors (Lipinski definition) is 2. The second-order valence-corrected chi connectivity index (χ2v) is 4.55.